The van der Waals surface area contributed by atoms with Crippen LogP contribution in [0.5, 0.6) is 5.75 Å². The average Bonchev–Trinajstić information content (AvgIpc) is 2.79. The smallest absolute Gasteiger partial charge is 0.227 e. The number of nitrogen functional groups attached to an aromatic ring is 1. The molecule has 162 valence electrons. The Balaban J connectivity index is 1.53. The van der Waals surface area contributed by atoms with E-state index in [-0.39, 0.29) is 20.6 Å². The predicted molar refractivity (Wildman–Crippen MR) is 121 cm³/mol. The summed E-state index contributed by atoms with van der Waals surface area (Å²) < 4.78 is 31.1. The number of piperazine rings is 1. The summed E-state index contributed by atoms with van der Waals surface area (Å²) in [5.74, 6) is 0.703. The molecule has 1 aliphatic heterocycles. The molecular formula is C21H22ClN5O3S. The summed E-state index contributed by atoms with van der Waals surface area (Å²) in [6, 6.07) is 14.4. The molecule has 0 unspecified atom stereocenters. The highest BCUT2D eigenvalue weighted by atomic mass is 35.5. The molecule has 0 bridgehead atoms. The molecule has 31 heavy (non-hydrogen) atoms. The van der Waals surface area contributed by atoms with Crippen molar-refractivity contribution in [1.82, 2.24) is 9.97 Å². The van der Waals surface area contributed by atoms with E-state index in [1.807, 2.05) is 23.1 Å². The summed E-state index contributed by atoms with van der Waals surface area (Å²) in [5, 5.41) is 0.191. The molecule has 3 aromatic rings. The molecule has 1 fully saturated rings. The highest BCUT2D eigenvalue weighted by molar-refractivity contribution is 7.91. The van der Waals surface area contributed by atoms with Gasteiger partial charge in [0.15, 0.2) is 0 Å². The molecule has 0 atom stereocenters. The van der Waals surface area contributed by atoms with Crippen LogP contribution in [0.4, 0.5) is 17.5 Å². The van der Waals surface area contributed by atoms with E-state index in [0.717, 1.165) is 13.1 Å². The first-order valence-electron chi connectivity index (χ1n) is 9.66. The lowest BCUT2D eigenvalue weighted by molar-refractivity contribution is 0.414. The van der Waals surface area contributed by atoms with Crippen LogP contribution >= 0.6 is 11.6 Å². The Morgan fingerprint density at radius 2 is 1.71 bits per heavy atom. The standard InChI is InChI=1S/C21H22ClN5O3S/c1-30-18-8-7-16(13-17(18)22)31(28,29)19-14-24-21(25-20(19)23)27-11-9-26(10-12-27)15-5-3-2-4-6-15/h2-8,13-14H,9-12H2,1H3,(H2,23,24,25). The van der Waals surface area contributed by atoms with Gasteiger partial charge in [-0.15, -0.1) is 0 Å². The Morgan fingerprint density at radius 3 is 2.32 bits per heavy atom. The molecule has 2 N–H and O–H groups in total. The maximum absolute atomic E-state index is 13.0. The fourth-order valence-corrected chi connectivity index (χ4v) is 5.09. The lowest BCUT2D eigenvalue weighted by atomic mass is 10.2. The van der Waals surface area contributed by atoms with Crippen LogP contribution in [0.15, 0.2) is 64.5 Å². The highest BCUT2D eigenvalue weighted by Crippen LogP contribution is 2.31. The number of anilines is 3. The number of nitrogens with two attached hydrogens (primary N) is 1. The summed E-state index contributed by atoms with van der Waals surface area (Å²) in [6.45, 7) is 3.01. The first-order valence-corrected chi connectivity index (χ1v) is 11.5. The minimum atomic E-state index is -3.93. The lowest BCUT2D eigenvalue weighted by Gasteiger charge is -2.36. The zero-order valence-electron chi connectivity index (χ0n) is 16.9. The van der Waals surface area contributed by atoms with E-state index in [9.17, 15) is 8.42 Å². The van der Waals surface area contributed by atoms with E-state index in [0.29, 0.717) is 24.8 Å². The monoisotopic (exact) mass is 459 g/mol. The number of ether oxygens (including phenoxy) is 1. The van der Waals surface area contributed by atoms with Gasteiger partial charge in [-0.25, -0.2) is 13.4 Å². The van der Waals surface area contributed by atoms with Gasteiger partial charge < -0.3 is 20.3 Å². The molecule has 1 aromatic heterocycles. The second kappa shape index (κ2) is 8.60. The Labute approximate surface area is 186 Å². The van der Waals surface area contributed by atoms with Gasteiger partial charge in [-0.05, 0) is 30.3 Å². The van der Waals surface area contributed by atoms with Gasteiger partial charge in [0.2, 0.25) is 15.8 Å². The van der Waals surface area contributed by atoms with Gasteiger partial charge in [0.1, 0.15) is 16.5 Å². The number of nitrogens with zero attached hydrogens (tertiary/aromatic N) is 4. The quantitative estimate of drug-likeness (QED) is 0.621. The van der Waals surface area contributed by atoms with Crippen molar-refractivity contribution < 1.29 is 13.2 Å². The van der Waals surface area contributed by atoms with Crippen LogP contribution in [0.25, 0.3) is 0 Å². The minimum Gasteiger partial charge on any atom is -0.495 e. The van der Waals surface area contributed by atoms with Crippen molar-refractivity contribution >= 4 is 38.9 Å². The first-order chi connectivity index (χ1) is 14.9. The summed E-state index contributed by atoms with van der Waals surface area (Å²) in [5.41, 5.74) is 7.21. The predicted octanol–water partition coefficient (Wildman–Crippen LogP) is 2.88. The van der Waals surface area contributed by atoms with Crippen molar-refractivity contribution in [3.63, 3.8) is 0 Å². The SMILES string of the molecule is COc1ccc(S(=O)(=O)c2cnc(N3CCN(c4ccccc4)CC3)nc2N)cc1Cl. The van der Waals surface area contributed by atoms with E-state index in [1.54, 1.807) is 0 Å². The molecule has 4 rings (SSSR count). The average molecular weight is 460 g/mol. The summed E-state index contributed by atoms with van der Waals surface area (Å²) in [6.07, 6.45) is 1.26. The van der Waals surface area contributed by atoms with Gasteiger partial charge in [-0.2, -0.15) is 4.98 Å². The molecule has 0 saturated carbocycles. The zero-order valence-corrected chi connectivity index (χ0v) is 18.5. The Kier molecular flexibility index (Phi) is 5.88. The highest BCUT2D eigenvalue weighted by Gasteiger charge is 2.25. The van der Waals surface area contributed by atoms with E-state index < -0.39 is 9.84 Å². The normalized spacial score (nSPS) is 14.5. The molecule has 1 saturated heterocycles. The first kappa shape index (κ1) is 21.2. The second-order valence-electron chi connectivity index (χ2n) is 7.03. The van der Waals surface area contributed by atoms with Crippen LogP contribution in [-0.4, -0.2) is 51.7 Å². The lowest BCUT2D eigenvalue weighted by Crippen LogP contribution is -2.47. The number of methoxy groups -OCH3 is 1. The largest absolute Gasteiger partial charge is 0.495 e. The molecule has 2 heterocycles. The topological polar surface area (TPSA) is 102 Å². The Morgan fingerprint density at radius 1 is 1.03 bits per heavy atom. The van der Waals surface area contributed by atoms with Crippen molar-refractivity contribution in [1.29, 1.82) is 0 Å². The molecule has 2 aromatic carbocycles. The minimum absolute atomic E-state index is 0.00201. The summed E-state index contributed by atoms with van der Waals surface area (Å²) in [4.78, 5) is 12.7. The maximum Gasteiger partial charge on any atom is 0.227 e. The van der Waals surface area contributed by atoms with Crippen LogP contribution in [-0.2, 0) is 9.84 Å². The number of para-hydroxylation sites is 1. The Hall–Kier alpha value is -3.04. The van der Waals surface area contributed by atoms with Gasteiger partial charge in [-0.1, -0.05) is 29.8 Å². The molecule has 0 aliphatic carbocycles. The third-order valence-electron chi connectivity index (χ3n) is 5.18. The van der Waals surface area contributed by atoms with Crippen LogP contribution in [0.3, 0.4) is 0 Å². The third-order valence-corrected chi connectivity index (χ3v) is 7.24. The number of hydrogen-bond donors (Lipinski definition) is 1. The molecular weight excluding hydrogens is 438 g/mol. The number of aromatic nitrogens is 2. The number of benzene rings is 2. The Bertz CT molecular complexity index is 1180. The van der Waals surface area contributed by atoms with Gasteiger partial charge in [-0.3, -0.25) is 0 Å². The van der Waals surface area contributed by atoms with Crippen molar-refractivity contribution in [2.75, 3.05) is 48.8 Å². The molecule has 1 aliphatic rings. The van der Waals surface area contributed by atoms with Gasteiger partial charge in [0, 0.05) is 31.9 Å². The molecule has 0 spiro atoms. The van der Waals surface area contributed by atoms with E-state index in [1.165, 1.54) is 37.2 Å². The van der Waals surface area contributed by atoms with Crippen LogP contribution in [0.1, 0.15) is 0 Å². The van der Waals surface area contributed by atoms with Crippen LogP contribution in [0.2, 0.25) is 5.02 Å². The van der Waals surface area contributed by atoms with Gasteiger partial charge in [0.05, 0.1) is 23.2 Å². The van der Waals surface area contributed by atoms with E-state index in [2.05, 4.69) is 27.0 Å². The molecule has 8 nitrogen and oxygen atoms in total. The maximum atomic E-state index is 13.0. The molecule has 10 heteroatoms. The number of halogens is 1. The van der Waals surface area contributed by atoms with Crippen molar-refractivity contribution in [3.8, 4) is 5.75 Å². The van der Waals surface area contributed by atoms with E-state index >= 15 is 0 Å². The van der Waals surface area contributed by atoms with Crippen LogP contribution in [0, 0.1) is 0 Å². The third kappa shape index (κ3) is 4.24. The summed E-state index contributed by atoms with van der Waals surface area (Å²) >= 11 is 6.08. The molecule has 0 amide bonds. The zero-order chi connectivity index (χ0) is 22.0. The van der Waals surface area contributed by atoms with Gasteiger partial charge in [0.25, 0.3) is 0 Å². The van der Waals surface area contributed by atoms with Gasteiger partial charge >= 0.3 is 0 Å². The molecule has 0 radical (unpaired) electrons. The number of sulfone groups is 1. The summed E-state index contributed by atoms with van der Waals surface area (Å²) in [7, 11) is -2.47. The second-order valence-corrected chi connectivity index (χ2v) is 9.35. The van der Waals surface area contributed by atoms with E-state index in [4.69, 9.17) is 22.1 Å². The van der Waals surface area contributed by atoms with Crippen molar-refractivity contribution in [2.24, 2.45) is 0 Å². The van der Waals surface area contributed by atoms with Crippen molar-refractivity contribution in [3.05, 3.63) is 59.8 Å². The number of rotatable bonds is 5. The fraction of sp³-hybridized carbons (Fsp3) is 0.238. The number of hydrogen-bond acceptors (Lipinski definition) is 8. The van der Waals surface area contributed by atoms with Crippen molar-refractivity contribution in [2.45, 2.75) is 9.79 Å². The van der Waals surface area contributed by atoms with Crippen LogP contribution < -0.4 is 20.3 Å². The fourth-order valence-electron chi connectivity index (χ4n) is 3.48.